The van der Waals surface area contributed by atoms with Crippen molar-refractivity contribution in [1.29, 1.82) is 0 Å². The average molecular weight is 227 g/mol. The first-order valence-corrected chi connectivity index (χ1v) is 4.66. The lowest BCUT2D eigenvalue weighted by atomic mass is 10.4. The lowest BCUT2D eigenvalue weighted by molar-refractivity contribution is 0.600. The van der Waals surface area contributed by atoms with Gasteiger partial charge >= 0.3 is 0 Å². The summed E-state index contributed by atoms with van der Waals surface area (Å²) in [4.78, 5) is 11.4. The minimum atomic E-state index is -0.528. The molecule has 6 heteroatoms. The van der Waals surface area contributed by atoms with Crippen molar-refractivity contribution in [2.45, 2.75) is 13.8 Å². The molecule has 0 N–H and O–H groups in total. The first kappa shape index (κ1) is 10.0. The number of hydrogen-bond donors (Lipinski definition) is 0. The Hall–Kier alpha value is -1.49. The average Bonchev–Trinajstić information content (AvgIpc) is 2.52. The van der Waals surface area contributed by atoms with Crippen molar-refractivity contribution < 1.29 is 4.39 Å². The molecule has 15 heavy (non-hydrogen) atoms. The van der Waals surface area contributed by atoms with Crippen molar-refractivity contribution in [2.75, 3.05) is 0 Å². The number of rotatable bonds is 1. The second-order valence-electron chi connectivity index (χ2n) is 3.10. The molecule has 0 aliphatic heterocycles. The van der Waals surface area contributed by atoms with Gasteiger partial charge in [-0.2, -0.15) is 4.98 Å². The summed E-state index contributed by atoms with van der Waals surface area (Å²) in [6, 6.07) is 0. The molecule has 0 bridgehead atoms. The van der Waals surface area contributed by atoms with Gasteiger partial charge in [0, 0.05) is 5.69 Å². The van der Waals surface area contributed by atoms with E-state index in [2.05, 4.69) is 15.0 Å². The van der Waals surface area contributed by atoms with Crippen LogP contribution in [-0.2, 0) is 0 Å². The van der Waals surface area contributed by atoms with Gasteiger partial charge in [-0.25, -0.2) is 14.4 Å². The zero-order valence-corrected chi connectivity index (χ0v) is 8.96. The molecule has 0 aliphatic rings. The van der Waals surface area contributed by atoms with Gasteiger partial charge in [-0.05, 0) is 25.4 Å². The van der Waals surface area contributed by atoms with Crippen LogP contribution in [0.4, 0.5) is 4.39 Å². The molecule has 0 spiro atoms. The minimum Gasteiger partial charge on any atom is -0.285 e. The third-order valence-corrected chi connectivity index (χ3v) is 2.36. The summed E-state index contributed by atoms with van der Waals surface area (Å²) < 4.78 is 15.0. The van der Waals surface area contributed by atoms with E-state index < -0.39 is 5.82 Å². The summed E-state index contributed by atoms with van der Waals surface area (Å²) in [7, 11) is 0. The molecule has 0 atom stereocenters. The molecule has 4 nitrogen and oxygen atoms in total. The van der Waals surface area contributed by atoms with E-state index in [1.807, 2.05) is 13.8 Å². The van der Waals surface area contributed by atoms with Crippen LogP contribution in [0.2, 0.25) is 5.28 Å². The molecule has 2 heterocycles. The zero-order chi connectivity index (χ0) is 11.0. The van der Waals surface area contributed by atoms with Crippen LogP contribution in [0.5, 0.6) is 0 Å². The molecule has 0 saturated heterocycles. The van der Waals surface area contributed by atoms with Crippen LogP contribution in [-0.4, -0.2) is 19.5 Å². The fourth-order valence-corrected chi connectivity index (χ4v) is 1.35. The molecule has 0 saturated carbocycles. The third-order valence-electron chi connectivity index (χ3n) is 2.18. The van der Waals surface area contributed by atoms with E-state index in [9.17, 15) is 4.39 Å². The van der Waals surface area contributed by atoms with Crippen molar-refractivity contribution in [2.24, 2.45) is 0 Å². The van der Waals surface area contributed by atoms with E-state index in [-0.39, 0.29) is 11.1 Å². The van der Waals surface area contributed by atoms with Crippen molar-refractivity contribution in [1.82, 2.24) is 19.5 Å². The lowest BCUT2D eigenvalue weighted by Gasteiger charge is -2.05. The van der Waals surface area contributed by atoms with Crippen LogP contribution in [0.1, 0.15) is 11.4 Å². The third kappa shape index (κ3) is 1.70. The maximum absolute atomic E-state index is 13.4. The number of halogens is 2. The van der Waals surface area contributed by atoms with Crippen LogP contribution in [0, 0.1) is 19.7 Å². The minimum absolute atomic E-state index is 0.0113. The maximum Gasteiger partial charge on any atom is 0.224 e. The molecule has 0 amide bonds. The van der Waals surface area contributed by atoms with Gasteiger partial charge in [-0.1, -0.05) is 0 Å². The van der Waals surface area contributed by atoms with Crippen LogP contribution in [0.15, 0.2) is 12.5 Å². The van der Waals surface area contributed by atoms with Crippen molar-refractivity contribution in [3.8, 4) is 5.82 Å². The molecular weight excluding hydrogens is 219 g/mol. The Labute approximate surface area is 90.8 Å². The van der Waals surface area contributed by atoms with Gasteiger partial charge in [0.15, 0.2) is 11.6 Å². The highest BCUT2D eigenvalue weighted by Gasteiger charge is 2.11. The van der Waals surface area contributed by atoms with E-state index in [1.54, 1.807) is 0 Å². The highest BCUT2D eigenvalue weighted by Crippen LogP contribution is 2.15. The Balaban J connectivity index is 2.63. The van der Waals surface area contributed by atoms with Crippen molar-refractivity contribution >= 4 is 11.6 Å². The lowest BCUT2D eigenvalue weighted by Crippen LogP contribution is -2.03. The second-order valence-corrected chi connectivity index (χ2v) is 3.43. The number of nitrogens with zero attached hydrogens (tertiary/aromatic N) is 4. The van der Waals surface area contributed by atoms with Crippen LogP contribution in [0.3, 0.4) is 0 Å². The Morgan fingerprint density at radius 3 is 2.67 bits per heavy atom. The Bertz CT molecular complexity index is 509. The highest BCUT2D eigenvalue weighted by atomic mass is 35.5. The van der Waals surface area contributed by atoms with Gasteiger partial charge < -0.3 is 0 Å². The molecule has 0 aliphatic carbocycles. The summed E-state index contributed by atoms with van der Waals surface area (Å²) in [6.07, 6.45) is 2.55. The summed E-state index contributed by atoms with van der Waals surface area (Å²) >= 11 is 5.60. The molecule has 0 fully saturated rings. The quantitative estimate of drug-likeness (QED) is 0.700. The zero-order valence-electron chi connectivity index (χ0n) is 8.20. The van der Waals surface area contributed by atoms with Crippen LogP contribution in [0.25, 0.3) is 5.82 Å². The SMILES string of the molecule is Cc1ncn(-c2nc(Cl)ncc2F)c1C. The van der Waals surface area contributed by atoms with E-state index in [0.29, 0.717) is 0 Å². The second kappa shape index (κ2) is 3.58. The molecule has 0 radical (unpaired) electrons. The molecule has 2 aromatic heterocycles. The van der Waals surface area contributed by atoms with Gasteiger partial charge in [0.1, 0.15) is 6.33 Å². The summed E-state index contributed by atoms with van der Waals surface area (Å²) in [5, 5.41) is 0.0113. The normalized spacial score (nSPS) is 10.7. The summed E-state index contributed by atoms with van der Waals surface area (Å²) in [6.45, 7) is 3.67. The van der Waals surface area contributed by atoms with Gasteiger partial charge in [0.05, 0.1) is 11.9 Å². The Morgan fingerprint density at radius 2 is 2.07 bits per heavy atom. The fourth-order valence-electron chi connectivity index (χ4n) is 1.22. The molecule has 78 valence electrons. The van der Waals surface area contributed by atoms with E-state index in [4.69, 9.17) is 11.6 Å². The molecule has 2 rings (SSSR count). The maximum atomic E-state index is 13.4. The molecule has 2 aromatic rings. The summed E-state index contributed by atoms with van der Waals surface area (Å²) in [5.74, 6) is -0.409. The smallest absolute Gasteiger partial charge is 0.224 e. The monoisotopic (exact) mass is 226 g/mol. The van der Waals surface area contributed by atoms with Crippen molar-refractivity contribution in [3.05, 3.63) is 35.0 Å². The van der Waals surface area contributed by atoms with E-state index in [0.717, 1.165) is 17.6 Å². The number of imidazole rings is 1. The predicted molar refractivity (Wildman–Crippen MR) is 53.6 cm³/mol. The predicted octanol–water partition coefficient (Wildman–Crippen LogP) is 2.07. The van der Waals surface area contributed by atoms with Gasteiger partial charge in [-0.15, -0.1) is 0 Å². The number of aryl methyl sites for hydroxylation is 1. The Kier molecular flexibility index (Phi) is 2.40. The summed E-state index contributed by atoms with van der Waals surface area (Å²) in [5.41, 5.74) is 1.65. The number of aromatic nitrogens is 4. The highest BCUT2D eigenvalue weighted by molar-refractivity contribution is 6.28. The number of hydrogen-bond acceptors (Lipinski definition) is 3. The van der Waals surface area contributed by atoms with E-state index in [1.165, 1.54) is 10.9 Å². The van der Waals surface area contributed by atoms with Gasteiger partial charge in [0.2, 0.25) is 5.28 Å². The molecule has 0 unspecified atom stereocenters. The fraction of sp³-hybridized carbons (Fsp3) is 0.222. The standard InChI is InChI=1S/C9H8ClFN4/c1-5-6(2)15(4-13-5)8-7(11)3-12-9(10)14-8/h3-4H,1-2H3. The first-order valence-electron chi connectivity index (χ1n) is 4.28. The van der Waals surface area contributed by atoms with Gasteiger partial charge in [-0.3, -0.25) is 4.57 Å². The van der Waals surface area contributed by atoms with Crippen LogP contribution >= 0.6 is 11.6 Å². The topological polar surface area (TPSA) is 43.6 Å². The van der Waals surface area contributed by atoms with Crippen LogP contribution < -0.4 is 0 Å². The van der Waals surface area contributed by atoms with Gasteiger partial charge in [0.25, 0.3) is 0 Å². The molecule has 0 aromatic carbocycles. The molecular formula is C9H8ClFN4. The Morgan fingerprint density at radius 1 is 1.33 bits per heavy atom. The first-order chi connectivity index (χ1) is 7.09. The largest absolute Gasteiger partial charge is 0.285 e. The van der Waals surface area contributed by atoms with Crippen molar-refractivity contribution in [3.63, 3.8) is 0 Å². The van der Waals surface area contributed by atoms with E-state index >= 15 is 0 Å².